The van der Waals surface area contributed by atoms with Crippen LogP contribution in [0.25, 0.3) is 0 Å². The Morgan fingerprint density at radius 2 is 0.862 bits per heavy atom. The lowest BCUT2D eigenvalue weighted by molar-refractivity contribution is -0.570. The molecule has 0 saturated carbocycles. The van der Waals surface area contributed by atoms with Crippen molar-refractivity contribution >= 4 is 29.8 Å². The molecule has 6 N–H and O–H groups in total. The second-order valence-electron chi connectivity index (χ2n) is 13.4. The Morgan fingerprint density at radius 3 is 1.26 bits per heavy atom. The lowest BCUT2D eigenvalue weighted by atomic mass is 9.92. The minimum Gasteiger partial charge on any atom is -0.481 e. The van der Waals surface area contributed by atoms with Crippen LogP contribution in [0.3, 0.4) is 0 Å². The van der Waals surface area contributed by atoms with Crippen molar-refractivity contribution in [2.75, 3.05) is 126 Å². The van der Waals surface area contributed by atoms with Gasteiger partial charge < -0.3 is 72.9 Å². The van der Waals surface area contributed by atoms with Gasteiger partial charge in [-0.2, -0.15) is 4.89 Å². The molecule has 0 aliphatic carbocycles. The highest BCUT2D eigenvalue weighted by molar-refractivity contribution is 5.67. The molecule has 0 radical (unpaired) electrons. The number of rotatable bonds is 51. The van der Waals surface area contributed by atoms with Crippen LogP contribution in [0, 0.1) is 5.41 Å². The Bertz CT molecular complexity index is 1220. The molecule has 0 heterocycles. The molecule has 0 aromatic heterocycles. The van der Waals surface area contributed by atoms with E-state index in [4.69, 9.17) is 97.6 Å². The van der Waals surface area contributed by atoms with E-state index in [1.165, 1.54) is 19.3 Å². The minimum atomic E-state index is -1.30. The van der Waals surface area contributed by atoms with Gasteiger partial charge >= 0.3 is 29.8 Å². The van der Waals surface area contributed by atoms with E-state index in [0.717, 1.165) is 0 Å². The number of methoxy groups -OCH3 is 1. The molecule has 0 aromatic carbocycles. The SMILES string of the molecule is C=CCOOONC(COCC(COCC(COCCC(=O)O)OC)(COCC(COCCC(=O)O)OCCC(=O)O)COCC(COCCC(=O)O)OCCC(=O)O)OOOCC=C. The number of hydrogen-bond acceptors (Lipinski definition) is 22. The molecule has 0 aliphatic rings. The van der Waals surface area contributed by atoms with Gasteiger partial charge in [0.15, 0.2) is 6.23 Å². The van der Waals surface area contributed by atoms with E-state index in [9.17, 15) is 24.0 Å². The first-order valence-corrected chi connectivity index (χ1v) is 20.0. The van der Waals surface area contributed by atoms with Crippen LogP contribution in [-0.4, -0.2) is 206 Å². The predicted molar refractivity (Wildman–Crippen MR) is 213 cm³/mol. The molecule has 27 heteroatoms. The van der Waals surface area contributed by atoms with E-state index >= 15 is 0 Å². The highest BCUT2D eigenvalue weighted by Gasteiger charge is 2.35. The lowest BCUT2D eigenvalue weighted by Crippen LogP contribution is -2.45. The molecule has 378 valence electrons. The second-order valence-corrected chi connectivity index (χ2v) is 13.4. The summed E-state index contributed by atoms with van der Waals surface area (Å²) in [5.74, 6) is -5.51. The topological polar surface area (TPSA) is 346 Å². The maximum Gasteiger partial charge on any atom is 0.305 e. The number of aliphatic carboxylic acids is 5. The van der Waals surface area contributed by atoms with E-state index in [1.807, 2.05) is 0 Å². The third-order valence-corrected chi connectivity index (χ3v) is 7.61. The van der Waals surface area contributed by atoms with Gasteiger partial charge in [-0.25, -0.2) is 9.78 Å². The van der Waals surface area contributed by atoms with Crippen LogP contribution >= 0.6 is 0 Å². The zero-order chi connectivity index (χ0) is 48.4. The normalized spacial score (nSPS) is 14.2. The summed E-state index contributed by atoms with van der Waals surface area (Å²) in [6.07, 6.45) is -2.51. The first-order valence-electron chi connectivity index (χ1n) is 20.0. The van der Waals surface area contributed by atoms with E-state index in [-0.39, 0.29) is 151 Å². The fourth-order valence-corrected chi connectivity index (χ4v) is 4.48. The summed E-state index contributed by atoms with van der Waals surface area (Å²) < 4.78 is 57.5. The summed E-state index contributed by atoms with van der Waals surface area (Å²) in [4.78, 5) is 74.8. The highest BCUT2D eigenvalue weighted by atomic mass is 17.6. The van der Waals surface area contributed by atoms with Gasteiger partial charge in [0.25, 0.3) is 0 Å². The van der Waals surface area contributed by atoms with Gasteiger partial charge in [-0.15, -0.1) is 23.6 Å². The Balaban J connectivity index is 6.59. The van der Waals surface area contributed by atoms with Crippen molar-refractivity contribution in [1.82, 2.24) is 5.48 Å². The second kappa shape index (κ2) is 41.6. The lowest BCUT2D eigenvalue weighted by Gasteiger charge is -2.34. The Hall–Kier alpha value is -3.85. The average Bonchev–Trinajstić information content (AvgIpc) is 3.24. The van der Waals surface area contributed by atoms with Crippen molar-refractivity contribution in [1.29, 1.82) is 0 Å². The number of carboxylic acids is 5. The van der Waals surface area contributed by atoms with Crippen LogP contribution in [0.5, 0.6) is 0 Å². The monoisotopic (exact) mass is 951 g/mol. The Labute approximate surface area is 375 Å². The Kier molecular flexibility index (Phi) is 39.1. The van der Waals surface area contributed by atoms with Gasteiger partial charge in [0.2, 0.25) is 0 Å². The Morgan fingerprint density at radius 1 is 0.508 bits per heavy atom. The molecule has 0 amide bonds. The van der Waals surface area contributed by atoms with E-state index in [0.29, 0.717) is 0 Å². The standard InChI is InChI=1S/C38H65NO26/c1-4-11-60-64-62-32(39-63-65-61-12-5-2)24-57-28-38(25-54-19-29(50-3)18-51-13-6-33(40)41,26-55-22-30(58-16-9-36(46)47)20-52-14-7-34(42)43)27-56-23-31(59-17-10-37(48)49)21-53-15-8-35(44)45/h4-5,29-32,39H,1-2,6-28H2,3H3,(H,40,41)(H,42,43)(H,44,45)(H,46,47)(H,48,49). The van der Waals surface area contributed by atoms with Gasteiger partial charge in [-0.1, -0.05) is 17.2 Å². The molecule has 27 nitrogen and oxygen atoms in total. The molecule has 65 heavy (non-hydrogen) atoms. The smallest absolute Gasteiger partial charge is 0.305 e. The van der Waals surface area contributed by atoms with Crippen LogP contribution in [-0.2, 0) is 101 Å². The van der Waals surface area contributed by atoms with Crippen LogP contribution in [0.15, 0.2) is 25.3 Å². The molecule has 0 spiro atoms. The first-order chi connectivity index (χ1) is 31.2. The van der Waals surface area contributed by atoms with Crippen LogP contribution in [0.2, 0.25) is 0 Å². The van der Waals surface area contributed by atoms with Crippen molar-refractivity contribution in [3.05, 3.63) is 25.3 Å². The van der Waals surface area contributed by atoms with Gasteiger partial charge in [0.1, 0.15) is 31.5 Å². The molecular weight excluding hydrogens is 886 g/mol. The number of carbonyl (C=O) groups is 5. The van der Waals surface area contributed by atoms with Crippen LogP contribution in [0.4, 0.5) is 0 Å². The minimum absolute atomic E-state index is 0.0358. The van der Waals surface area contributed by atoms with Crippen molar-refractivity contribution in [3.8, 4) is 0 Å². The van der Waals surface area contributed by atoms with Gasteiger partial charge in [0.05, 0.1) is 143 Å². The molecule has 0 rings (SSSR count). The quantitative estimate of drug-likeness (QED) is 0.0156. The molecule has 0 bridgehead atoms. The summed E-state index contributed by atoms with van der Waals surface area (Å²) in [6.45, 7) is 3.71. The van der Waals surface area contributed by atoms with Crippen molar-refractivity contribution < 1.29 is 127 Å². The van der Waals surface area contributed by atoms with E-state index in [2.05, 4.69) is 23.7 Å². The molecule has 0 aromatic rings. The van der Waals surface area contributed by atoms with E-state index < -0.39 is 59.8 Å². The molecular formula is C38H65NO26. The third kappa shape index (κ3) is 39.1. The van der Waals surface area contributed by atoms with Crippen molar-refractivity contribution in [2.45, 2.75) is 56.6 Å². The number of ether oxygens (including phenoxy) is 10. The van der Waals surface area contributed by atoms with Crippen LogP contribution < -0.4 is 5.48 Å². The van der Waals surface area contributed by atoms with Gasteiger partial charge in [-0.05, 0) is 5.04 Å². The molecule has 4 atom stereocenters. The first kappa shape index (κ1) is 61.1. The molecule has 0 aliphatic heterocycles. The zero-order valence-corrected chi connectivity index (χ0v) is 36.5. The maximum atomic E-state index is 11.2. The van der Waals surface area contributed by atoms with Gasteiger partial charge in [0, 0.05) is 7.11 Å². The molecule has 4 unspecified atom stereocenters. The third-order valence-electron chi connectivity index (χ3n) is 7.61. The summed E-state index contributed by atoms with van der Waals surface area (Å²) >= 11 is 0. The maximum absolute atomic E-state index is 11.2. The predicted octanol–water partition coefficient (Wildman–Crippen LogP) is 0.210. The number of nitrogens with one attached hydrogen (secondary N) is 1. The fraction of sp³-hybridized carbons (Fsp3) is 0.763. The average molecular weight is 952 g/mol. The van der Waals surface area contributed by atoms with E-state index in [1.54, 1.807) is 0 Å². The summed E-state index contributed by atoms with van der Waals surface area (Å²) in [7, 11) is 1.39. The number of hydroxylamine groups is 1. The van der Waals surface area contributed by atoms with Crippen LogP contribution in [0.1, 0.15) is 32.1 Å². The van der Waals surface area contributed by atoms with Crippen molar-refractivity contribution in [2.24, 2.45) is 5.41 Å². The summed E-state index contributed by atoms with van der Waals surface area (Å²) in [5.41, 5.74) is 1.03. The molecule has 0 fully saturated rings. The zero-order valence-electron chi connectivity index (χ0n) is 36.5. The summed E-state index contributed by atoms with van der Waals surface area (Å²) in [6, 6.07) is 0. The summed E-state index contributed by atoms with van der Waals surface area (Å²) in [5, 5.41) is 54.5. The van der Waals surface area contributed by atoms with Crippen molar-refractivity contribution in [3.63, 3.8) is 0 Å². The highest BCUT2D eigenvalue weighted by Crippen LogP contribution is 2.22. The van der Waals surface area contributed by atoms with Gasteiger partial charge in [-0.3, -0.25) is 24.0 Å². The fourth-order valence-electron chi connectivity index (χ4n) is 4.48. The number of carboxylic acid groups (broad SMARTS) is 5. The number of hydrogen-bond donors (Lipinski definition) is 6. The largest absolute Gasteiger partial charge is 0.481 e. The molecule has 0 saturated heterocycles.